The van der Waals surface area contributed by atoms with Gasteiger partial charge in [-0.15, -0.1) is 0 Å². The smallest absolute Gasteiger partial charge is 0.226 e. The van der Waals surface area contributed by atoms with Gasteiger partial charge in [0.05, 0.1) is 16.9 Å². The molecule has 0 spiro atoms. The molecule has 0 aliphatic carbocycles. The molecule has 1 fully saturated rings. The van der Waals surface area contributed by atoms with E-state index < -0.39 is 0 Å². The largest absolute Gasteiger partial charge is 0.355 e. The Bertz CT molecular complexity index is 1540. The van der Waals surface area contributed by atoms with Crippen molar-refractivity contribution in [3.63, 3.8) is 0 Å². The van der Waals surface area contributed by atoms with E-state index in [0.717, 1.165) is 70.3 Å². The topological polar surface area (TPSA) is 53.9 Å². The lowest BCUT2D eigenvalue weighted by Gasteiger charge is -2.18. The molecule has 1 N–H and O–H groups in total. The minimum absolute atomic E-state index is 0.681. The Balaban J connectivity index is 1.32. The first-order valence-electron chi connectivity index (χ1n) is 12.8. The zero-order valence-electron chi connectivity index (χ0n) is 20.8. The van der Waals surface area contributed by atoms with Crippen molar-refractivity contribution in [2.45, 2.75) is 26.2 Å². The lowest BCUT2D eigenvalue weighted by atomic mass is 10.0. The van der Waals surface area contributed by atoms with Crippen LogP contribution in [0.3, 0.4) is 0 Å². The Kier molecular flexibility index (Phi) is 6.46. The summed E-state index contributed by atoms with van der Waals surface area (Å²) in [7, 11) is 0. The van der Waals surface area contributed by atoms with Gasteiger partial charge in [-0.05, 0) is 67.3 Å². The van der Waals surface area contributed by atoms with Gasteiger partial charge in [0.25, 0.3) is 0 Å². The number of nitrogens with one attached hydrogen (secondary N) is 1. The molecule has 0 radical (unpaired) electrons. The number of halogens is 1. The molecular weight excluding hydrogens is 478 g/mol. The molecule has 2 aromatic heterocycles. The van der Waals surface area contributed by atoms with E-state index in [2.05, 4.69) is 76.7 Å². The van der Waals surface area contributed by atoms with Gasteiger partial charge in [0, 0.05) is 52.2 Å². The van der Waals surface area contributed by atoms with Crippen LogP contribution in [0.5, 0.6) is 0 Å². The molecule has 184 valence electrons. The number of pyridine rings is 1. The third kappa shape index (κ3) is 5.00. The standard InChI is InChI=1S/C31H28ClN5/c1-2-21-5-7-22(8-6-21)28-20-29(36-31(35-28)37-17-3-4-18-37)23-9-12-25(13-10-23)34-27-15-16-33-30-19-24(32)11-14-26(27)30/h5-16,19-20H,2-4,17-18H2,1H3,(H,33,34). The lowest BCUT2D eigenvalue weighted by Crippen LogP contribution is -2.20. The summed E-state index contributed by atoms with van der Waals surface area (Å²) in [6.07, 6.45) is 5.19. The number of hydrogen-bond donors (Lipinski definition) is 1. The van der Waals surface area contributed by atoms with Crippen LogP contribution in [0.1, 0.15) is 25.3 Å². The van der Waals surface area contributed by atoms with Crippen molar-refractivity contribution in [3.05, 3.63) is 95.6 Å². The number of aryl methyl sites for hydroxylation is 1. The minimum atomic E-state index is 0.681. The number of rotatable bonds is 6. The maximum absolute atomic E-state index is 6.15. The Morgan fingerprint density at radius 1 is 0.811 bits per heavy atom. The summed E-state index contributed by atoms with van der Waals surface area (Å²) in [4.78, 5) is 16.7. The highest BCUT2D eigenvalue weighted by Gasteiger charge is 2.18. The highest BCUT2D eigenvalue weighted by molar-refractivity contribution is 6.31. The second kappa shape index (κ2) is 10.2. The summed E-state index contributed by atoms with van der Waals surface area (Å²) in [5.41, 5.74) is 8.24. The lowest BCUT2D eigenvalue weighted by molar-refractivity contribution is 0.902. The monoisotopic (exact) mass is 505 g/mol. The Morgan fingerprint density at radius 3 is 2.16 bits per heavy atom. The van der Waals surface area contributed by atoms with E-state index in [-0.39, 0.29) is 0 Å². The van der Waals surface area contributed by atoms with Crippen LogP contribution in [0.2, 0.25) is 5.02 Å². The van der Waals surface area contributed by atoms with Crippen LogP contribution in [0.15, 0.2) is 85.1 Å². The second-order valence-corrected chi connectivity index (χ2v) is 9.84. The van der Waals surface area contributed by atoms with Crippen LogP contribution in [0, 0.1) is 0 Å². The number of hydrogen-bond acceptors (Lipinski definition) is 5. The number of benzene rings is 3. The number of anilines is 3. The van der Waals surface area contributed by atoms with Crippen LogP contribution >= 0.6 is 11.6 Å². The fraction of sp³-hybridized carbons (Fsp3) is 0.194. The van der Waals surface area contributed by atoms with Crippen molar-refractivity contribution in [2.75, 3.05) is 23.3 Å². The molecule has 0 atom stereocenters. The zero-order chi connectivity index (χ0) is 25.2. The maximum Gasteiger partial charge on any atom is 0.226 e. The molecule has 1 saturated heterocycles. The predicted octanol–water partition coefficient (Wildman–Crippen LogP) is 7.92. The summed E-state index contributed by atoms with van der Waals surface area (Å²) in [5, 5.41) is 5.23. The normalized spacial score (nSPS) is 13.3. The molecule has 1 aliphatic heterocycles. The zero-order valence-corrected chi connectivity index (χ0v) is 21.5. The third-order valence-corrected chi connectivity index (χ3v) is 7.16. The molecule has 5 aromatic rings. The van der Waals surface area contributed by atoms with Crippen LogP contribution < -0.4 is 10.2 Å². The van der Waals surface area contributed by atoms with Gasteiger partial charge < -0.3 is 10.2 Å². The first-order valence-corrected chi connectivity index (χ1v) is 13.2. The fourth-order valence-electron chi connectivity index (χ4n) is 4.81. The summed E-state index contributed by atoms with van der Waals surface area (Å²) in [6, 6.07) is 26.9. The molecule has 1 aliphatic rings. The van der Waals surface area contributed by atoms with Crippen molar-refractivity contribution < 1.29 is 0 Å². The van der Waals surface area contributed by atoms with Gasteiger partial charge in [0.1, 0.15) is 0 Å². The molecule has 3 aromatic carbocycles. The third-order valence-electron chi connectivity index (χ3n) is 6.93. The summed E-state index contributed by atoms with van der Waals surface area (Å²) >= 11 is 6.15. The Hall–Kier alpha value is -3.96. The number of nitrogens with zero attached hydrogens (tertiary/aromatic N) is 4. The van der Waals surface area contributed by atoms with E-state index in [1.54, 1.807) is 6.20 Å². The molecule has 5 nitrogen and oxygen atoms in total. The van der Waals surface area contributed by atoms with Crippen molar-refractivity contribution in [1.29, 1.82) is 0 Å². The molecule has 6 heteroatoms. The fourth-order valence-corrected chi connectivity index (χ4v) is 4.98. The van der Waals surface area contributed by atoms with Gasteiger partial charge in [-0.1, -0.05) is 54.9 Å². The summed E-state index contributed by atoms with van der Waals surface area (Å²) < 4.78 is 0. The first kappa shape index (κ1) is 23.4. The van der Waals surface area contributed by atoms with Gasteiger partial charge >= 0.3 is 0 Å². The number of fused-ring (bicyclic) bond motifs is 1. The molecule has 37 heavy (non-hydrogen) atoms. The van der Waals surface area contributed by atoms with Gasteiger partial charge in [-0.3, -0.25) is 4.98 Å². The van der Waals surface area contributed by atoms with Gasteiger partial charge in [0.15, 0.2) is 0 Å². The Morgan fingerprint density at radius 2 is 1.49 bits per heavy atom. The van der Waals surface area contributed by atoms with Crippen LogP contribution in [0.25, 0.3) is 33.4 Å². The van der Waals surface area contributed by atoms with E-state index in [1.807, 2.05) is 24.3 Å². The maximum atomic E-state index is 6.15. The van der Waals surface area contributed by atoms with E-state index in [1.165, 1.54) is 18.4 Å². The van der Waals surface area contributed by atoms with Gasteiger partial charge in [-0.25, -0.2) is 9.97 Å². The molecule has 0 amide bonds. The van der Waals surface area contributed by atoms with Crippen LogP contribution in [-0.4, -0.2) is 28.0 Å². The first-order chi connectivity index (χ1) is 18.2. The van der Waals surface area contributed by atoms with E-state index >= 15 is 0 Å². The number of aromatic nitrogens is 3. The summed E-state index contributed by atoms with van der Waals surface area (Å²) in [5.74, 6) is 0.814. The van der Waals surface area contributed by atoms with Gasteiger partial charge in [-0.2, -0.15) is 0 Å². The molecule has 6 rings (SSSR count). The van der Waals surface area contributed by atoms with E-state index in [0.29, 0.717) is 5.02 Å². The molecule has 3 heterocycles. The SMILES string of the molecule is CCc1ccc(-c2cc(-c3ccc(Nc4ccnc5cc(Cl)ccc45)cc3)nc(N3CCCC3)n2)cc1. The van der Waals surface area contributed by atoms with Crippen molar-refractivity contribution >= 4 is 39.8 Å². The predicted molar refractivity (Wildman–Crippen MR) is 154 cm³/mol. The quantitative estimate of drug-likeness (QED) is 0.254. The average molecular weight is 506 g/mol. The highest BCUT2D eigenvalue weighted by Crippen LogP contribution is 2.31. The van der Waals surface area contributed by atoms with Crippen LogP contribution in [0.4, 0.5) is 17.3 Å². The molecule has 0 unspecified atom stereocenters. The van der Waals surface area contributed by atoms with Crippen molar-refractivity contribution in [2.24, 2.45) is 0 Å². The molecule has 0 bridgehead atoms. The van der Waals surface area contributed by atoms with E-state index in [9.17, 15) is 0 Å². The molecular formula is C31H28ClN5. The van der Waals surface area contributed by atoms with Crippen LogP contribution in [-0.2, 0) is 6.42 Å². The summed E-state index contributed by atoms with van der Waals surface area (Å²) in [6.45, 7) is 4.19. The average Bonchev–Trinajstić information content (AvgIpc) is 3.49. The minimum Gasteiger partial charge on any atom is -0.355 e. The highest BCUT2D eigenvalue weighted by atomic mass is 35.5. The van der Waals surface area contributed by atoms with Crippen molar-refractivity contribution in [1.82, 2.24) is 15.0 Å². The van der Waals surface area contributed by atoms with Gasteiger partial charge in [0.2, 0.25) is 5.95 Å². The molecule has 0 saturated carbocycles. The van der Waals surface area contributed by atoms with Crippen molar-refractivity contribution in [3.8, 4) is 22.5 Å². The van der Waals surface area contributed by atoms with E-state index in [4.69, 9.17) is 21.6 Å². The Labute approximate surface area is 222 Å². The second-order valence-electron chi connectivity index (χ2n) is 9.41.